The first-order chi connectivity index (χ1) is 7.65. The van der Waals surface area contributed by atoms with Gasteiger partial charge in [-0.15, -0.1) is 0 Å². The van der Waals surface area contributed by atoms with E-state index in [0.717, 1.165) is 32.5 Å². The smallest absolute Gasteiger partial charge is 0.251 e. The van der Waals surface area contributed by atoms with Crippen LogP contribution in [-0.2, 0) is 9.53 Å². The van der Waals surface area contributed by atoms with Gasteiger partial charge in [0.15, 0.2) is 0 Å². The van der Waals surface area contributed by atoms with E-state index >= 15 is 0 Å². The predicted octanol–water partition coefficient (Wildman–Crippen LogP) is 1.01. The summed E-state index contributed by atoms with van der Waals surface area (Å²) >= 11 is 0. The largest absolute Gasteiger partial charge is 0.364 e. The normalized spacial score (nSPS) is 20.6. The van der Waals surface area contributed by atoms with E-state index in [1.54, 1.807) is 0 Å². The van der Waals surface area contributed by atoms with Crippen molar-refractivity contribution in [3.05, 3.63) is 0 Å². The van der Waals surface area contributed by atoms with Crippen LogP contribution in [0.2, 0.25) is 0 Å². The summed E-state index contributed by atoms with van der Waals surface area (Å²) in [7, 11) is 1.89. The second-order valence-electron chi connectivity index (χ2n) is 4.53. The lowest BCUT2D eigenvalue weighted by Crippen LogP contribution is -2.43. The van der Waals surface area contributed by atoms with Crippen molar-refractivity contribution in [3.8, 4) is 0 Å². The number of nitrogens with one attached hydrogen (secondary N) is 1. The third kappa shape index (κ3) is 4.10. The fourth-order valence-electron chi connectivity index (χ4n) is 2.11. The van der Waals surface area contributed by atoms with E-state index in [1.165, 1.54) is 6.42 Å². The average molecular weight is 228 g/mol. The zero-order chi connectivity index (χ0) is 12.0. The molecular formula is C12H24N2O2. The summed E-state index contributed by atoms with van der Waals surface area (Å²) in [6.07, 6.45) is 3.26. The molecule has 0 spiro atoms. The number of nitrogens with zero attached hydrogens (tertiary/aromatic N) is 1. The summed E-state index contributed by atoms with van der Waals surface area (Å²) in [6, 6.07) is 0. The Morgan fingerprint density at radius 3 is 2.50 bits per heavy atom. The standard InChI is InChI=1S/C12H24N2O2/c1-10(9-13-3)16-11(2)12(15)14-7-5-4-6-8-14/h10-11,13H,4-9H2,1-3H3. The van der Waals surface area contributed by atoms with Crippen LogP contribution in [0.4, 0.5) is 0 Å². The molecule has 0 aromatic heterocycles. The molecule has 1 rings (SSSR count). The molecule has 1 fully saturated rings. The van der Waals surface area contributed by atoms with Crippen LogP contribution >= 0.6 is 0 Å². The van der Waals surface area contributed by atoms with Crippen molar-refractivity contribution in [1.82, 2.24) is 10.2 Å². The highest BCUT2D eigenvalue weighted by Gasteiger charge is 2.23. The molecule has 0 radical (unpaired) electrons. The fourth-order valence-corrected chi connectivity index (χ4v) is 2.11. The molecule has 1 aliphatic rings. The van der Waals surface area contributed by atoms with E-state index in [-0.39, 0.29) is 18.1 Å². The number of amides is 1. The van der Waals surface area contributed by atoms with Gasteiger partial charge in [-0.2, -0.15) is 0 Å². The SMILES string of the molecule is CNCC(C)OC(C)C(=O)N1CCCCC1. The Morgan fingerprint density at radius 2 is 1.94 bits per heavy atom. The Labute approximate surface area is 98.3 Å². The Balaban J connectivity index is 2.34. The molecule has 1 aliphatic heterocycles. The molecule has 0 aromatic rings. The van der Waals surface area contributed by atoms with Crippen molar-refractivity contribution in [2.75, 3.05) is 26.7 Å². The van der Waals surface area contributed by atoms with Gasteiger partial charge < -0.3 is 15.0 Å². The lowest BCUT2D eigenvalue weighted by molar-refractivity contribution is -0.146. The first-order valence-electron chi connectivity index (χ1n) is 6.24. The predicted molar refractivity (Wildman–Crippen MR) is 64.4 cm³/mol. The number of likely N-dealkylation sites (tertiary alicyclic amines) is 1. The van der Waals surface area contributed by atoms with Crippen molar-refractivity contribution in [1.29, 1.82) is 0 Å². The van der Waals surface area contributed by atoms with Crippen molar-refractivity contribution in [2.24, 2.45) is 0 Å². The van der Waals surface area contributed by atoms with Crippen LogP contribution in [0, 0.1) is 0 Å². The number of hydrogen-bond acceptors (Lipinski definition) is 3. The van der Waals surface area contributed by atoms with E-state index in [4.69, 9.17) is 4.74 Å². The Hall–Kier alpha value is -0.610. The zero-order valence-electron chi connectivity index (χ0n) is 10.7. The number of rotatable bonds is 5. The lowest BCUT2D eigenvalue weighted by Gasteiger charge is -2.30. The van der Waals surface area contributed by atoms with Crippen LogP contribution in [0.1, 0.15) is 33.1 Å². The van der Waals surface area contributed by atoms with Crippen LogP contribution in [0.3, 0.4) is 0 Å². The maximum absolute atomic E-state index is 12.0. The second-order valence-corrected chi connectivity index (χ2v) is 4.53. The van der Waals surface area contributed by atoms with Crippen LogP contribution in [-0.4, -0.2) is 49.7 Å². The molecular weight excluding hydrogens is 204 g/mol. The summed E-state index contributed by atoms with van der Waals surface area (Å²) in [4.78, 5) is 13.9. The molecule has 0 aromatic carbocycles. The van der Waals surface area contributed by atoms with Crippen LogP contribution < -0.4 is 5.32 Å². The van der Waals surface area contributed by atoms with Crippen molar-refractivity contribution in [2.45, 2.75) is 45.3 Å². The molecule has 4 nitrogen and oxygen atoms in total. The molecule has 1 heterocycles. The second kappa shape index (κ2) is 6.86. The molecule has 0 saturated carbocycles. The molecule has 0 bridgehead atoms. The minimum absolute atomic E-state index is 0.0775. The highest BCUT2D eigenvalue weighted by molar-refractivity contribution is 5.80. The summed E-state index contributed by atoms with van der Waals surface area (Å²) in [5.41, 5.74) is 0. The molecule has 16 heavy (non-hydrogen) atoms. The van der Waals surface area contributed by atoms with Crippen LogP contribution in [0.15, 0.2) is 0 Å². The van der Waals surface area contributed by atoms with Gasteiger partial charge in [-0.05, 0) is 40.2 Å². The van der Waals surface area contributed by atoms with E-state index in [2.05, 4.69) is 5.32 Å². The topological polar surface area (TPSA) is 41.6 Å². The molecule has 94 valence electrons. The van der Waals surface area contributed by atoms with Crippen molar-refractivity contribution < 1.29 is 9.53 Å². The molecule has 2 unspecified atom stereocenters. The van der Waals surface area contributed by atoms with Gasteiger partial charge in [-0.1, -0.05) is 0 Å². The van der Waals surface area contributed by atoms with Gasteiger partial charge in [0.2, 0.25) is 0 Å². The molecule has 1 saturated heterocycles. The highest BCUT2D eigenvalue weighted by Crippen LogP contribution is 2.11. The Bertz CT molecular complexity index is 215. The van der Waals surface area contributed by atoms with Crippen molar-refractivity contribution in [3.63, 3.8) is 0 Å². The van der Waals surface area contributed by atoms with E-state index in [1.807, 2.05) is 25.8 Å². The number of ether oxygens (including phenoxy) is 1. The molecule has 1 amide bonds. The molecule has 2 atom stereocenters. The molecule has 1 N–H and O–H groups in total. The third-order valence-corrected chi connectivity index (χ3v) is 2.94. The highest BCUT2D eigenvalue weighted by atomic mass is 16.5. The third-order valence-electron chi connectivity index (χ3n) is 2.94. The fraction of sp³-hybridized carbons (Fsp3) is 0.917. The van der Waals surface area contributed by atoms with E-state index < -0.39 is 0 Å². The van der Waals surface area contributed by atoms with E-state index in [0.29, 0.717) is 0 Å². The average Bonchev–Trinajstić information content (AvgIpc) is 2.29. The number of piperidine rings is 1. The first-order valence-corrected chi connectivity index (χ1v) is 6.24. The molecule has 4 heteroatoms. The Kier molecular flexibility index (Phi) is 5.77. The van der Waals surface area contributed by atoms with Crippen molar-refractivity contribution >= 4 is 5.91 Å². The number of carbonyl (C=O) groups excluding carboxylic acids is 1. The quantitative estimate of drug-likeness (QED) is 0.763. The first kappa shape index (κ1) is 13.5. The Morgan fingerprint density at radius 1 is 1.31 bits per heavy atom. The van der Waals surface area contributed by atoms with Gasteiger partial charge in [-0.3, -0.25) is 4.79 Å². The number of likely N-dealkylation sites (N-methyl/N-ethyl adjacent to an activating group) is 1. The number of hydrogen-bond donors (Lipinski definition) is 1. The summed E-state index contributed by atoms with van der Waals surface area (Å²) in [5.74, 6) is 0.141. The van der Waals surface area contributed by atoms with Crippen LogP contribution in [0.25, 0.3) is 0 Å². The number of carbonyl (C=O) groups is 1. The summed E-state index contributed by atoms with van der Waals surface area (Å²) in [5, 5.41) is 3.04. The van der Waals surface area contributed by atoms with E-state index in [9.17, 15) is 4.79 Å². The monoisotopic (exact) mass is 228 g/mol. The summed E-state index contributed by atoms with van der Waals surface area (Å²) < 4.78 is 5.65. The van der Waals surface area contributed by atoms with Gasteiger partial charge >= 0.3 is 0 Å². The minimum atomic E-state index is -0.318. The van der Waals surface area contributed by atoms with Gasteiger partial charge in [0, 0.05) is 19.6 Å². The van der Waals surface area contributed by atoms with Gasteiger partial charge in [-0.25, -0.2) is 0 Å². The maximum Gasteiger partial charge on any atom is 0.251 e. The minimum Gasteiger partial charge on any atom is -0.364 e. The van der Waals surface area contributed by atoms with Gasteiger partial charge in [0.25, 0.3) is 5.91 Å². The molecule has 0 aliphatic carbocycles. The van der Waals surface area contributed by atoms with Gasteiger partial charge in [0.1, 0.15) is 6.10 Å². The van der Waals surface area contributed by atoms with Gasteiger partial charge in [0.05, 0.1) is 6.10 Å². The maximum atomic E-state index is 12.0. The summed E-state index contributed by atoms with van der Waals surface area (Å²) in [6.45, 7) is 6.40. The lowest BCUT2D eigenvalue weighted by atomic mass is 10.1. The van der Waals surface area contributed by atoms with Crippen LogP contribution in [0.5, 0.6) is 0 Å². The zero-order valence-corrected chi connectivity index (χ0v) is 10.7.